The minimum atomic E-state index is -1.01. The Morgan fingerprint density at radius 2 is 1.71 bits per heavy atom. The van der Waals surface area contributed by atoms with E-state index in [1.807, 2.05) is 54.6 Å². The molecule has 21 heavy (non-hydrogen) atoms. The molecule has 0 saturated heterocycles. The average molecular weight is 341 g/mol. The van der Waals surface area contributed by atoms with Crippen LogP contribution in [0.5, 0.6) is 0 Å². The van der Waals surface area contributed by atoms with Crippen LogP contribution in [-0.2, 0) is 17.1 Å². The summed E-state index contributed by atoms with van der Waals surface area (Å²) < 4.78 is 0. The summed E-state index contributed by atoms with van der Waals surface area (Å²) in [5.41, 5.74) is 2.09. The average Bonchev–Trinajstić information content (AvgIpc) is 3.14. The van der Waals surface area contributed by atoms with Crippen molar-refractivity contribution in [3.63, 3.8) is 0 Å². The van der Waals surface area contributed by atoms with Gasteiger partial charge in [0.25, 0.3) is 0 Å². The van der Waals surface area contributed by atoms with Crippen LogP contribution in [0.4, 0.5) is 0 Å². The van der Waals surface area contributed by atoms with Crippen LogP contribution in [-0.4, -0.2) is 11.1 Å². The molecule has 0 radical (unpaired) electrons. The number of hydrogen-bond donors (Lipinski definition) is 1. The molecule has 3 rings (SSSR count). The molecule has 3 aromatic carbocycles. The van der Waals surface area contributed by atoms with Crippen molar-refractivity contribution in [3.05, 3.63) is 83.4 Å². The fourth-order valence-corrected chi connectivity index (χ4v) is 2.02. The van der Waals surface area contributed by atoms with E-state index >= 15 is 0 Å². The smallest absolute Gasteiger partial charge is 0.478 e. The minimum Gasteiger partial charge on any atom is -0.478 e. The Morgan fingerprint density at radius 1 is 1.10 bits per heavy atom. The zero-order valence-corrected chi connectivity index (χ0v) is 12.9. The Hall–Kier alpha value is -1.80. The molecule has 0 bridgehead atoms. The molecule has 0 heterocycles. The maximum Gasteiger partial charge on any atom is 2.00 e. The zero-order chi connectivity index (χ0) is 14.4. The number of hydrogen-bond acceptors (Lipinski definition) is 1. The first-order chi connectivity index (χ1) is 9.68. The largest absolute Gasteiger partial charge is 2.00 e. The fraction of sp³-hybridized carbons (Fsp3) is 0. The normalized spacial score (nSPS) is 9.19. The molecule has 4 heteroatoms. The summed E-state index contributed by atoms with van der Waals surface area (Å²) in [6.07, 6.45) is 0. The van der Waals surface area contributed by atoms with E-state index in [0.717, 1.165) is 11.1 Å². The molecule has 0 atom stereocenters. The molecule has 0 unspecified atom stereocenters. The van der Waals surface area contributed by atoms with Gasteiger partial charge in [-0.1, -0.05) is 29.3 Å². The topological polar surface area (TPSA) is 37.3 Å². The second-order valence-electron chi connectivity index (χ2n) is 4.14. The van der Waals surface area contributed by atoms with Crippen molar-refractivity contribution in [1.82, 2.24) is 0 Å². The van der Waals surface area contributed by atoms with Crippen molar-refractivity contribution >= 4 is 17.6 Å². The molecular formula is C17H13ClFeO2. The Labute approximate surface area is 139 Å². The van der Waals surface area contributed by atoms with E-state index in [9.17, 15) is 4.79 Å². The monoisotopic (exact) mass is 340 g/mol. The van der Waals surface area contributed by atoms with E-state index in [-0.39, 0.29) is 27.7 Å². The van der Waals surface area contributed by atoms with Crippen molar-refractivity contribution in [2.75, 3.05) is 0 Å². The van der Waals surface area contributed by atoms with Crippen LogP contribution in [0.3, 0.4) is 0 Å². The quantitative estimate of drug-likeness (QED) is 0.536. The van der Waals surface area contributed by atoms with Crippen molar-refractivity contribution < 1.29 is 27.0 Å². The predicted molar refractivity (Wildman–Crippen MR) is 81.5 cm³/mol. The Balaban J connectivity index is 0.000000313. The van der Waals surface area contributed by atoms with Gasteiger partial charge in [-0.25, -0.2) is 16.9 Å². The Kier molecular flexibility index (Phi) is 6.96. The summed E-state index contributed by atoms with van der Waals surface area (Å²) >= 11 is 5.86. The van der Waals surface area contributed by atoms with Crippen LogP contribution in [0.25, 0.3) is 11.1 Å². The first kappa shape index (κ1) is 17.3. The summed E-state index contributed by atoms with van der Waals surface area (Å²) in [5, 5.41) is 9.07. The number of carbonyl (C=O) groups is 1. The fourth-order valence-electron chi connectivity index (χ4n) is 1.76. The van der Waals surface area contributed by atoms with Gasteiger partial charge in [-0.05, 0) is 0 Å². The van der Waals surface area contributed by atoms with E-state index in [0.29, 0.717) is 0 Å². The molecule has 0 aliphatic heterocycles. The van der Waals surface area contributed by atoms with Crippen LogP contribution in [0.15, 0.2) is 72.8 Å². The summed E-state index contributed by atoms with van der Waals surface area (Å²) in [6, 6.07) is 22.7. The maximum absolute atomic E-state index is 10.7. The standard InChI is InChI=1S/C12H8ClO2.C5H5.Fe/c13-11-7-9(8-3-1-2-4-8)5-6-10(11)12(14)15;1-2-4-5-3-1;/h1-7H,(H,14,15);1-5H;/q2*-1;+2. The summed E-state index contributed by atoms with van der Waals surface area (Å²) in [5.74, 6) is -1.01. The molecule has 0 fully saturated rings. The van der Waals surface area contributed by atoms with Gasteiger partial charge >= 0.3 is 23.0 Å². The van der Waals surface area contributed by atoms with E-state index in [1.165, 1.54) is 6.07 Å². The summed E-state index contributed by atoms with van der Waals surface area (Å²) in [4.78, 5) is 10.7. The van der Waals surface area contributed by atoms with Gasteiger partial charge in [0, 0.05) is 5.02 Å². The maximum atomic E-state index is 10.7. The van der Waals surface area contributed by atoms with Gasteiger partial charge in [-0.2, -0.15) is 30.3 Å². The first-order valence-electron chi connectivity index (χ1n) is 6.10. The molecule has 0 saturated carbocycles. The van der Waals surface area contributed by atoms with Crippen molar-refractivity contribution in [1.29, 1.82) is 0 Å². The van der Waals surface area contributed by atoms with Gasteiger partial charge in [0.1, 0.15) is 0 Å². The molecule has 0 spiro atoms. The van der Waals surface area contributed by atoms with Crippen molar-refractivity contribution in [3.8, 4) is 11.1 Å². The van der Waals surface area contributed by atoms with Crippen LogP contribution in [0, 0.1) is 0 Å². The SMILES string of the molecule is O=C(O)c1ccc(-[c-]2cccc2)cc1Cl.[Fe+2].c1cc[cH-]c1. The van der Waals surface area contributed by atoms with Gasteiger partial charge in [0.05, 0.1) is 5.56 Å². The predicted octanol–water partition coefficient (Wildman–Crippen LogP) is 4.83. The van der Waals surface area contributed by atoms with Gasteiger partial charge in [0.2, 0.25) is 0 Å². The van der Waals surface area contributed by atoms with Crippen molar-refractivity contribution in [2.24, 2.45) is 0 Å². The molecular weight excluding hydrogens is 327 g/mol. The Bertz CT molecular complexity index is 641. The first-order valence-corrected chi connectivity index (χ1v) is 6.48. The Morgan fingerprint density at radius 3 is 2.14 bits per heavy atom. The second-order valence-corrected chi connectivity index (χ2v) is 4.54. The number of carboxylic acid groups (broad SMARTS) is 1. The zero-order valence-electron chi connectivity index (χ0n) is 11.0. The van der Waals surface area contributed by atoms with Crippen molar-refractivity contribution in [2.45, 2.75) is 0 Å². The van der Waals surface area contributed by atoms with Gasteiger partial charge < -0.3 is 5.11 Å². The van der Waals surface area contributed by atoms with E-state index < -0.39 is 5.97 Å². The molecule has 3 aromatic rings. The molecule has 0 aliphatic carbocycles. The van der Waals surface area contributed by atoms with Crippen LogP contribution < -0.4 is 0 Å². The summed E-state index contributed by atoms with van der Waals surface area (Å²) in [6.45, 7) is 0. The number of carboxylic acids is 1. The minimum absolute atomic E-state index is 0. The van der Waals surface area contributed by atoms with Crippen LogP contribution in [0.2, 0.25) is 5.02 Å². The number of rotatable bonds is 2. The second kappa shape index (κ2) is 8.48. The van der Waals surface area contributed by atoms with E-state index in [1.54, 1.807) is 12.1 Å². The molecule has 0 aromatic heterocycles. The summed E-state index contributed by atoms with van der Waals surface area (Å²) in [7, 11) is 0. The molecule has 2 nitrogen and oxygen atoms in total. The van der Waals surface area contributed by atoms with Crippen LogP contribution in [0.1, 0.15) is 10.4 Å². The van der Waals surface area contributed by atoms with E-state index in [4.69, 9.17) is 16.7 Å². The number of aromatic carboxylic acids is 1. The molecule has 0 aliphatic rings. The third kappa shape index (κ3) is 4.91. The third-order valence-corrected chi connectivity index (χ3v) is 3.06. The number of benzene rings is 1. The molecule has 1 N–H and O–H groups in total. The molecule has 0 amide bonds. The van der Waals surface area contributed by atoms with E-state index in [2.05, 4.69) is 0 Å². The third-order valence-electron chi connectivity index (χ3n) is 2.75. The van der Waals surface area contributed by atoms with Gasteiger partial charge in [-0.15, -0.1) is 23.8 Å². The van der Waals surface area contributed by atoms with Gasteiger partial charge in [0.15, 0.2) is 0 Å². The molecule has 108 valence electrons. The van der Waals surface area contributed by atoms with Crippen LogP contribution >= 0.6 is 11.6 Å². The van der Waals surface area contributed by atoms with Gasteiger partial charge in [-0.3, -0.25) is 0 Å². The number of halogens is 1.